The van der Waals surface area contributed by atoms with Crippen LogP contribution in [0.15, 0.2) is 12.4 Å². The second-order valence-electron chi connectivity index (χ2n) is 4.80. The largest absolute Gasteiger partial charge is 0.333 e. The highest BCUT2D eigenvalue weighted by atomic mass is 15.0. The van der Waals surface area contributed by atoms with Gasteiger partial charge in [-0.1, -0.05) is 6.07 Å². The summed E-state index contributed by atoms with van der Waals surface area (Å²) in [5, 5.41) is 9.19. The highest BCUT2D eigenvalue weighted by Gasteiger charge is 2.17. The molecule has 0 N–H and O–H groups in total. The van der Waals surface area contributed by atoms with E-state index in [-0.39, 0.29) is 0 Å². The lowest BCUT2D eigenvalue weighted by Gasteiger charge is -2.16. The third-order valence-corrected chi connectivity index (χ3v) is 3.65. The molecular formula is C15H17N3. The van der Waals surface area contributed by atoms with Crippen LogP contribution in [0.4, 0.5) is 0 Å². The summed E-state index contributed by atoms with van der Waals surface area (Å²) in [6.45, 7) is 8.41. The normalized spacial score (nSPS) is 10.4. The molecule has 3 heteroatoms. The summed E-state index contributed by atoms with van der Waals surface area (Å²) in [7, 11) is 1.93. The molecule has 0 amide bonds. The molecule has 3 nitrogen and oxygen atoms in total. The number of benzene rings is 1. The molecule has 2 aromatic rings. The fraction of sp³-hybridized carbons (Fsp3) is 0.333. The Morgan fingerprint density at radius 2 is 1.67 bits per heavy atom. The van der Waals surface area contributed by atoms with Gasteiger partial charge in [0, 0.05) is 12.6 Å². The van der Waals surface area contributed by atoms with Crippen LogP contribution >= 0.6 is 0 Å². The fourth-order valence-electron chi connectivity index (χ4n) is 2.38. The van der Waals surface area contributed by atoms with Gasteiger partial charge in [-0.15, -0.1) is 0 Å². The molecule has 0 spiro atoms. The molecule has 92 valence electrons. The van der Waals surface area contributed by atoms with Crippen LogP contribution in [-0.4, -0.2) is 9.55 Å². The highest BCUT2D eigenvalue weighted by molar-refractivity contribution is 5.74. The van der Waals surface area contributed by atoms with Gasteiger partial charge in [-0.2, -0.15) is 5.26 Å². The van der Waals surface area contributed by atoms with Crippen molar-refractivity contribution in [3.8, 4) is 17.3 Å². The van der Waals surface area contributed by atoms with E-state index in [1.807, 2.05) is 11.6 Å². The molecule has 0 unspecified atom stereocenters. The van der Waals surface area contributed by atoms with Crippen molar-refractivity contribution in [2.45, 2.75) is 27.7 Å². The SMILES string of the molecule is Cc1cc(C)c(C)c(-c2c(C#N)ncn2C)c1C. The third kappa shape index (κ3) is 1.70. The zero-order valence-electron chi connectivity index (χ0n) is 11.5. The van der Waals surface area contributed by atoms with Gasteiger partial charge in [-0.05, 0) is 49.9 Å². The van der Waals surface area contributed by atoms with E-state index < -0.39 is 0 Å². The predicted molar refractivity (Wildman–Crippen MR) is 72.3 cm³/mol. The number of aryl methyl sites for hydroxylation is 3. The zero-order valence-corrected chi connectivity index (χ0v) is 11.5. The smallest absolute Gasteiger partial charge is 0.166 e. The molecule has 18 heavy (non-hydrogen) atoms. The Balaban J connectivity index is 2.87. The minimum Gasteiger partial charge on any atom is -0.333 e. The maximum absolute atomic E-state index is 9.19. The zero-order chi connectivity index (χ0) is 13.4. The van der Waals surface area contributed by atoms with Gasteiger partial charge in [0.05, 0.1) is 12.0 Å². The maximum Gasteiger partial charge on any atom is 0.166 e. The van der Waals surface area contributed by atoms with Crippen LogP contribution in [-0.2, 0) is 7.05 Å². The highest BCUT2D eigenvalue weighted by Crippen LogP contribution is 2.32. The van der Waals surface area contributed by atoms with Crippen molar-refractivity contribution in [3.05, 3.63) is 40.3 Å². The first-order valence-corrected chi connectivity index (χ1v) is 5.96. The van der Waals surface area contributed by atoms with Gasteiger partial charge in [0.2, 0.25) is 0 Å². The quantitative estimate of drug-likeness (QED) is 0.767. The van der Waals surface area contributed by atoms with Gasteiger partial charge in [0.1, 0.15) is 6.07 Å². The molecule has 0 bridgehead atoms. The summed E-state index contributed by atoms with van der Waals surface area (Å²) in [5.41, 5.74) is 7.49. The van der Waals surface area contributed by atoms with Crippen molar-refractivity contribution in [3.63, 3.8) is 0 Å². The summed E-state index contributed by atoms with van der Waals surface area (Å²) < 4.78 is 1.92. The second-order valence-corrected chi connectivity index (χ2v) is 4.80. The standard InChI is InChI=1S/C15H17N3/c1-9-6-10(2)12(4)14(11(9)3)15-13(7-16)17-8-18(15)5/h6,8H,1-5H3. The van der Waals surface area contributed by atoms with Gasteiger partial charge in [0.25, 0.3) is 0 Å². The number of hydrogen-bond donors (Lipinski definition) is 0. The number of nitriles is 1. The van der Waals surface area contributed by atoms with Crippen LogP contribution in [0.1, 0.15) is 27.9 Å². The van der Waals surface area contributed by atoms with Crippen LogP contribution < -0.4 is 0 Å². The molecule has 0 aliphatic carbocycles. The summed E-state index contributed by atoms with van der Waals surface area (Å²) >= 11 is 0. The lowest BCUT2D eigenvalue weighted by atomic mass is 9.91. The van der Waals surface area contributed by atoms with Crippen LogP contribution in [0.5, 0.6) is 0 Å². The average Bonchev–Trinajstić information content (AvgIpc) is 2.69. The van der Waals surface area contributed by atoms with Gasteiger partial charge in [-0.25, -0.2) is 4.98 Å². The first kappa shape index (κ1) is 12.4. The lowest BCUT2D eigenvalue weighted by Crippen LogP contribution is -2.00. The molecular weight excluding hydrogens is 222 g/mol. The minimum atomic E-state index is 0.494. The van der Waals surface area contributed by atoms with E-state index in [0.29, 0.717) is 5.69 Å². The molecule has 1 aromatic heterocycles. The Morgan fingerprint density at radius 3 is 2.17 bits per heavy atom. The Hall–Kier alpha value is -2.08. The third-order valence-electron chi connectivity index (χ3n) is 3.65. The van der Waals surface area contributed by atoms with Crippen molar-refractivity contribution in [1.29, 1.82) is 5.26 Å². The molecule has 0 saturated heterocycles. The first-order chi connectivity index (χ1) is 8.47. The van der Waals surface area contributed by atoms with Crippen molar-refractivity contribution < 1.29 is 0 Å². The van der Waals surface area contributed by atoms with Gasteiger partial charge in [0.15, 0.2) is 5.69 Å². The Bertz CT molecular complexity index is 631. The summed E-state index contributed by atoms with van der Waals surface area (Å²) in [4.78, 5) is 4.15. The Morgan fingerprint density at radius 1 is 1.11 bits per heavy atom. The van der Waals surface area contributed by atoms with Crippen molar-refractivity contribution in [2.75, 3.05) is 0 Å². The number of nitrogens with zero attached hydrogens (tertiary/aromatic N) is 3. The van der Waals surface area contributed by atoms with Gasteiger partial charge < -0.3 is 4.57 Å². The van der Waals surface area contributed by atoms with E-state index in [0.717, 1.165) is 11.3 Å². The van der Waals surface area contributed by atoms with Gasteiger partial charge >= 0.3 is 0 Å². The van der Waals surface area contributed by atoms with Crippen LogP contribution in [0.3, 0.4) is 0 Å². The molecule has 0 atom stereocenters. The summed E-state index contributed by atoms with van der Waals surface area (Å²) in [6.07, 6.45) is 1.70. The van der Waals surface area contributed by atoms with Crippen LogP contribution in [0.2, 0.25) is 0 Å². The van der Waals surface area contributed by atoms with E-state index in [2.05, 4.69) is 44.8 Å². The summed E-state index contributed by atoms with van der Waals surface area (Å²) in [6, 6.07) is 4.37. The van der Waals surface area contributed by atoms with E-state index in [4.69, 9.17) is 0 Å². The first-order valence-electron chi connectivity index (χ1n) is 5.96. The van der Waals surface area contributed by atoms with E-state index in [1.54, 1.807) is 6.33 Å². The minimum absolute atomic E-state index is 0.494. The molecule has 0 radical (unpaired) electrons. The van der Waals surface area contributed by atoms with Crippen molar-refractivity contribution >= 4 is 0 Å². The molecule has 0 aliphatic heterocycles. The van der Waals surface area contributed by atoms with Crippen LogP contribution in [0.25, 0.3) is 11.3 Å². The maximum atomic E-state index is 9.19. The molecule has 0 fully saturated rings. The van der Waals surface area contributed by atoms with Crippen LogP contribution in [0, 0.1) is 39.0 Å². The molecule has 1 aromatic carbocycles. The molecule has 0 saturated carbocycles. The molecule has 1 heterocycles. The monoisotopic (exact) mass is 239 g/mol. The molecule has 0 aliphatic rings. The average molecular weight is 239 g/mol. The van der Waals surface area contributed by atoms with E-state index >= 15 is 0 Å². The number of hydrogen-bond acceptors (Lipinski definition) is 2. The van der Waals surface area contributed by atoms with Gasteiger partial charge in [-0.3, -0.25) is 0 Å². The second kappa shape index (κ2) is 4.30. The number of imidazole rings is 1. The predicted octanol–water partition coefficient (Wildman–Crippen LogP) is 3.19. The van der Waals surface area contributed by atoms with Crippen molar-refractivity contribution in [1.82, 2.24) is 9.55 Å². The fourth-order valence-corrected chi connectivity index (χ4v) is 2.38. The van der Waals surface area contributed by atoms with E-state index in [9.17, 15) is 5.26 Å². The Kier molecular flexibility index (Phi) is 2.96. The lowest BCUT2D eigenvalue weighted by molar-refractivity contribution is 0.918. The summed E-state index contributed by atoms with van der Waals surface area (Å²) in [5.74, 6) is 0. The number of aromatic nitrogens is 2. The van der Waals surface area contributed by atoms with Crippen molar-refractivity contribution in [2.24, 2.45) is 7.05 Å². The Labute approximate surface area is 108 Å². The van der Waals surface area contributed by atoms with E-state index in [1.165, 1.54) is 22.3 Å². The number of rotatable bonds is 1. The topological polar surface area (TPSA) is 41.6 Å². The molecule has 2 rings (SSSR count).